The lowest BCUT2D eigenvalue weighted by Crippen LogP contribution is -2.71. The van der Waals surface area contributed by atoms with Gasteiger partial charge in [0.1, 0.15) is 11.6 Å². The van der Waals surface area contributed by atoms with E-state index >= 15 is 0 Å². The number of rotatable bonds is 6. The van der Waals surface area contributed by atoms with Gasteiger partial charge in [-0.25, -0.2) is 0 Å². The fourth-order valence-electron chi connectivity index (χ4n) is 3.06. The summed E-state index contributed by atoms with van der Waals surface area (Å²) in [5.74, 6) is 0.110. The Kier molecular flexibility index (Phi) is 5.39. The largest absolute Gasteiger partial charge is 0.340 e. The number of nitrogens with zero attached hydrogens (tertiary/aromatic N) is 1. The number of nitrogens with one attached hydrogen (secondary N) is 1. The predicted molar refractivity (Wildman–Crippen MR) is 76.8 cm³/mol. The molecule has 1 fully saturated rings. The van der Waals surface area contributed by atoms with Crippen LogP contribution >= 0.6 is 0 Å². The quantitative estimate of drug-likeness (QED) is 0.804. The molecular formula is C15H28N2O2. The van der Waals surface area contributed by atoms with Crippen LogP contribution in [0.15, 0.2) is 0 Å². The van der Waals surface area contributed by atoms with Crippen molar-refractivity contribution in [1.29, 1.82) is 0 Å². The van der Waals surface area contributed by atoms with Gasteiger partial charge in [-0.2, -0.15) is 0 Å². The zero-order valence-electron chi connectivity index (χ0n) is 13.0. The third-order valence-electron chi connectivity index (χ3n) is 4.42. The van der Waals surface area contributed by atoms with Crippen LogP contribution in [0.4, 0.5) is 0 Å². The van der Waals surface area contributed by atoms with Crippen molar-refractivity contribution in [3.63, 3.8) is 0 Å². The maximum absolute atomic E-state index is 12.9. The van der Waals surface area contributed by atoms with Gasteiger partial charge in [0.05, 0.1) is 0 Å². The van der Waals surface area contributed by atoms with Gasteiger partial charge in [0.25, 0.3) is 0 Å². The van der Waals surface area contributed by atoms with E-state index in [-0.39, 0.29) is 23.9 Å². The fraction of sp³-hybridized carbons (Fsp3) is 0.867. The van der Waals surface area contributed by atoms with Crippen molar-refractivity contribution in [1.82, 2.24) is 10.2 Å². The number of hydrogen-bond acceptors (Lipinski definition) is 2. The summed E-state index contributed by atoms with van der Waals surface area (Å²) >= 11 is 0. The minimum atomic E-state index is -0.690. The first-order valence-corrected chi connectivity index (χ1v) is 7.62. The lowest BCUT2D eigenvalue weighted by atomic mass is 9.85. The molecule has 0 spiro atoms. The third-order valence-corrected chi connectivity index (χ3v) is 4.42. The molecule has 0 saturated carbocycles. The monoisotopic (exact) mass is 268 g/mol. The fourth-order valence-corrected chi connectivity index (χ4v) is 3.06. The molecule has 1 aliphatic heterocycles. The summed E-state index contributed by atoms with van der Waals surface area (Å²) in [6.45, 7) is 10.1. The van der Waals surface area contributed by atoms with E-state index in [9.17, 15) is 9.59 Å². The molecule has 1 heterocycles. The molecule has 0 aliphatic carbocycles. The first kappa shape index (κ1) is 16.0. The maximum Gasteiger partial charge on any atom is 0.249 e. The summed E-state index contributed by atoms with van der Waals surface area (Å²) < 4.78 is 0. The molecule has 1 saturated heterocycles. The molecule has 4 heteroatoms. The van der Waals surface area contributed by atoms with Crippen molar-refractivity contribution < 1.29 is 9.59 Å². The number of carbonyl (C=O) groups excluding carboxylic acids is 2. The minimum absolute atomic E-state index is 0.00810. The molecule has 2 atom stereocenters. The average Bonchev–Trinajstić information content (AvgIpc) is 2.40. The molecular weight excluding hydrogens is 240 g/mol. The van der Waals surface area contributed by atoms with Crippen LogP contribution in [0.3, 0.4) is 0 Å². The summed E-state index contributed by atoms with van der Waals surface area (Å²) in [5, 5.41) is 2.98. The Bertz CT molecular complexity index is 337. The van der Waals surface area contributed by atoms with Crippen molar-refractivity contribution in [2.24, 2.45) is 0 Å². The molecule has 19 heavy (non-hydrogen) atoms. The predicted octanol–water partition coefficient (Wildman–Crippen LogP) is 2.47. The summed E-state index contributed by atoms with van der Waals surface area (Å²) in [6, 6.07) is -0.175. The van der Waals surface area contributed by atoms with Crippen molar-refractivity contribution in [2.75, 3.05) is 0 Å². The first-order chi connectivity index (χ1) is 8.97. The molecule has 0 aromatic rings. The van der Waals surface area contributed by atoms with E-state index in [1.807, 2.05) is 25.7 Å². The van der Waals surface area contributed by atoms with Crippen molar-refractivity contribution in [3.05, 3.63) is 0 Å². The molecule has 1 aliphatic rings. The zero-order valence-corrected chi connectivity index (χ0v) is 13.0. The van der Waals surface area contributed by atoms with E-state index in [0.717, 1.165) is 12.8 Å². The molecule has 2 amide bonds. The summed E-state index contributed by atoms with van der Waals surface area (Å²) in [4.78, 5) is 27.0. The van der Waals surface area contributed by atoms with Gasteiger partial charge in [0.2, 0.25) is 11.8 Å². The van der Waals surface area contributed by atoms with Gasteiger partial charge in [0.15, 0.2) is 0 Å². The minimum Gasteiger partial charge on any atom is -0.340 e. The lowest BCUT2D eigenvalue weighted by molar-refractivity contribution is -0.158. The van der Waals surface area contributed by atoms with E-state index < -0.39 is 5.54 Å². The molecule has 4 nitrogen and oxygen atoms in total. The van der Waals surface area contributed by atoms with Gasteiger partial charge in [-0.05, 0) is 32.6 Å². The van der Waals surface area contributed by atoms with Crippen LogP contribution in [0.2, 0.25) is 0 Å². The molecule has 0 radical (unpaired) electrons. The summed E-state index contributed by atoms with van der Waals surface area (Å²) in [6.07, 6.45) is 3.95. The first-order valence-electron chi connectivity index (χ1n) is 7.62. The van der Waals surface area contributed by atoms with Crippen LogP contribution in [0.1, 0.15) is 66.7 Å². The van der Waals surface area contributed by atoms with Crippen LogP contribution in [-0.2, 0) is 9.59 Å². The van der Waals surface area contributed by atoms with Gasteiger partial charge >= 0.3 is 0 Å². The van der Waals surface area contributed by atoms with Crippen LogP contribution in [0.25, 0.3) is 0 Å². The standard InChI is InChI=1S/C15H28N2O2/c1-6-10-11(5)17-12(7-2)13(18)16-15(8-3,9-4)14(17)19/h11-12H,6-10H2,1-5H3,(H,16,18). The van der Waals surface area contributed by atoms with Crippen molar-refractivity contribution >= 4 is 11.8 Å². The Morgan fingerprint density at radius 2 is 1.79 bits per heavy atom. The molecule has 110 valence electrons. The molecule has 1 rings (SSSR count). The third kappa shape index (κ3) is 2.77. The lowest BCUT2D eigenvalue weighted by Gasteiger charge is -2.47. The number of amides is 2. The van der Waals surface area contributed by atoms with Gasteiger partial charge in [0, 0.05) is 6.04 Å². The second kappa shape index (κ2) is 6.40. The Morgan fingerprint density at radius 1 is 1.21 bits per heavy atom. The Hall–Kier alpha value is -1.06. The zero-order chi connectivity index (χ0) is 14.6. The van der Waals surface area contributed by atoms with Crippen molar-refractivity contribution in [2.45, 2.75) is 84.3 Å². The second-order valence-electron chi connectivity index (χ2n) is 5.55. The van der Waals surface area contributed by atoms with Crippen LogP contribution in [0, 0.1) is 0 Å². The van der Waals surface area contributed by atoms with Crippen LogP contribution < -0.4 is 5.32 Å². The number of hydrogen-bond donors (Lipinski definition) is 1. The molecule has 2 unspecified atom stereocenters. The van der Waals surface area contributed by atoms with Gasteiger partial charge < -0.3 is 10.2 Å². The Labute approximate surface area is 116 Å². The van der Waals surface area contributed by atoms with Crippen LogP contribution in [0.5, 0.6) is 0 Å². The average molecular weight is 268 g/mol. The van der Waals surface area contributed by atoms with E-state index in [0.29, 0.717) is 19.3 Å². The Morgan fingerprint density at radius 3 is 2.21 bits per heavy atom. The van der Waals surface area contributed by atoms with E-state index in [4.69, 9.17) is 0 Å². The van der Waals surface area contributed by atoms with Gasteiger partial charge in [-0.3, -0.25) is 9.59 Å². The SMILES string of the molecule is CCCC(C)N1C(=O)C(CC)(CC)NC(=O)C1CC. The molecule has 0 bridgehead atoms. The second-order valence-corrected chi connectivity index (χ2v) is 5.55. The van der Waals surface area contributed by atoms with E-state index in [2.05, 4.69) is 19.2 Å². The van der Waals surface area contributed by atoms with Crippen molar-refractivity contribution in [3.8, 4) is 0 Å². The summed E-state index contributed by atoms with van der Waals surface area (Å²) in [7, 11) is 0. The van der Waals surface area contributed by atoms with E-state index in [1.165, 1.54) is 0 Å². The maximum atomic E-state index is 12.9. The normalized spacial score (nSPS) is 24.3. The van der Waals surface area contributed by atoms with Crippen LogP contribution in [-0.4, -0.2) is 34.3 Å². The van der Waals surface area contributed by atoms with Gasteiger partial charge in [-0.15, -0.1) is 0 Å². The summed E-state index contributed by atoms with van der Waals surface area (Å²) in [5.41, 5.74) is -0.690. The molecule has 1 N–H and O–H groups in total. The highest BCUT2D eigenvalue weighted by Gasteiger charge is 2.49. The smallest absolute Gasteiger partial charge is 0.249 e. The topological polar surface area (TPSA) is 49.4 Å². The van der Waals surface area contributed by atoms with Gasteiger partial charge in [-0.1, -0.05) is 34.1 Å². The number of carbonyl (C=O) groups is 2. The highest BCUT2D eigenvalue weighted by Crippen LogP contribution is 2.28. The Balaban J connectivity index is 3.12. The molecule has 0 aromatic carbocycles. The highest BCUT2D eigenvalue weighted by atomic mass is 16.2. The van der Waals surface area contributed by atoms with E-state index in [1.54, 1.807) is 0 Å². The highest BCUT2D eigenvalue weighted by molar-refractivity contribution is 5.99. The number of piperazine rings is 1. The molecule has 0 aromatic heterocycles.